The minimum Gasteiger partial charge on any atom is -0.425 e. The summed E-state index contributed by atoms with van der Waals surface area (Å²) < 4.78 is 6.58. The maximum Gasteiger partial charge on any atom is 0.220 e. The minimum atomic E-state index is -0.0236. The monoisotopic (exact) mass is 351 g/mol. The molecule has 0 amide bonds. The summed E-state index contributed by atoms with van der Waals surface area (Å²) in [6.07, 6.45) is 3.69. The highest BCUT2D eigenvalue weighted by Crippen LogP contribution is 2.27. The maximum atomic E-state index is 5.73. The Morgan fingerprint density at radius 2 is 1.86 bits per heavy atom. The summed E-state index contributed by atoms with van der Waals surface area (Å²) >= 11 is 3.44. The van der Waals surface area contributed by atoms with Crippen molar-refractivity contribution in [2.75, 3.05) is 0 Å². The number of aromatic nitrogens is 3. The smallest absolute Gasteiger partial charge is 0.220 e. The summed E-state index contributed by atoms with van der Waals surface area (Å²) in [5, 5.41) is 8.27. The number of hydrogen-bond donors (Lipinski definition) is 0. The zero-order valence-corrected chi connectivity index (χ0v) is 14.7. The van der Waals surface area contributed by atoms with Crippen LogP contribution in [0.4, 0.5) is 0 Å². The van der Waals surface area contributed by atoms with Crippen LogP contribution in [0.5, 0.6) is 0 Å². The third-order valence-corrected chi connectivity index (χ3v) is 3.69. The third kappa shape index (κ3) is 4.37. The van der Waals surface area contributed by atoms with Crippen LogP contribution in [0.1, 0.15) is 63.6 Å². The Morgan fingerprint density at radius 1 is 1.14 bits per heavy atom. The summed E-state index contributed by atoms with van der Waals surface area (Å²) in [4.78, 5) is 4.62. The minimum absolute atomic E-state index is 0.0236. The van der Waals surface area contributed by atoms with Crippen molar-refractivity contribution < 1.29 is 4.42 Å². The van der Waals surface area contributed by atoms with E-state index in [1.165, 1.54) is 0 Å². The van der Waals surface area contributed by atoms with Gasteiger partial charge in [-0.1, -0.05) is 40.2 Å². The highest BCUT2D eigenvalue weighted by molar-refractivity contribution is 9.10. The van der Waals surface area contributed by atoms with E-state index in [0.29, 0.717) is 12.3 Å². The molecule has 2 aromatic rings. The molecule has 0 saturated heterocycles. The van der Waals surface area contributed by atoms with Crippen LogP contribution < -0.4 is 0 Å². The Morgan fingerprint density at radius 3 is 2.52 bits per heavy atom. The van der Waals surface area contributed by atoms with Gasteiger partial charge in [0.25, 0.3) is 0 Å². The molecule has 0 spiro atoms. The number of halogens is 1. The molecular weight excluding hydrogens is 330 g/mol. The molecule has 4 nitrogen and oxygen atoms in total. The van der Waals surface area contributed by atoms with Crippen LogP contribution in [-0.4, -0.2) is 15.2 Å². The Bertz CT molecular complexity index is 602. The molecular formula is C16H22BrN3O. The second-order valence-corrected chi connectivity index (χ2v) is 7.07. The molecule has 2 aromatic heterocycles. The van der Waals surface area contributed by atoms with E-state index in [4.69, 9.17) is 4.42 Å². The molecule has 0 radical (unpaired) electrons. The molecule has 2 rings (SSSR count). The molecule has 0 bridgehead atoms. The average molecular weight is 352 g/mol. The van der Waals surface area contributed by atoms with E-state index in [1.807, 2.05) is 6.07 Å². The Kier molecular flexibility index (Phi) is 5.14. The van der Waals surface area contributed by atoms with Crippen molar-refractivity contribution in [1.82, 2.24) is 15.2 Å². The van der Waals surface area contributed by atoms with Crippen molar-refractivity contribution >= 4 is 15.9 Å². The lowest BCUT2D eigenvalue weighted by Gasteiger charge is -2.21. The van der Waals surface area contributed by atoms with Gasteiger partial charge in [-0.25, -0.2) is 4.98 Å². The highest BCUT2D eigenvalue weighted by Gasteiger charge is 2.21. The van der Waals surface area contributed by atoms with Crippen molar-refractivity contribution in [3.8, 4) is 0 Å². The van der Waals surface area contributed by atoms with Gasteiger partial charge in [0, 0.05) is 11.8 Å². The Hall–Kier alpha value is -1.23. The number of hydrogen-bond acceptors (Lipinski definition) is 4. The predicted octanol–water partition coefficient (Wildman–Crippen LogP) is 4.46. The van der Waals surface area contributed by atoms with Crippen molar-refractivity contribution in [3.05, 3.63) is 39.8 Å². The van der Waals surface area contributed by atoms with Gasteiger partial charge in [-0.2, -0.15) is 0 Å². The third-order valence-electron chi connectivity index (χ3n) is 3.25. The van der Waals surface area contributed by atoms with Gasteiger partial charge in [-0.3, -0.25) is 0 Å². The fraction of sp³-hybridized carbons (Fsp3) is 0.562. The Balaban J connectivity index is 2.21. The maximum absolute atomic E-state index is 5.73. The van der Waals surface area contributed by atoms with E-state index in [1.54, 1.807) is 0 Å². The number of pyridine rings is 1. The van der Waals surface area contributed by atoms with E-state index < -0.39 is 0 Å². The second kappa shape index (κ2) is 6.69. The number of rotatable bonds is 5. The van der Waals surface area contributed by atoms with Crippen LogP contribution in [0, 0.1) is 0 Å². The van der Waals surface area contributed by atoms with Gasteiger partial charge in [0.05, 0.1) is 12.1 Å². The van der Waals surface area contributed by atoms with Crippen LogP contribution in [0.15, 0.2) is 21.2 Å². The standard InChI is InChI=1S/C16H22BrN3O/c1-5-6-7-13-19-20-14(21-13)10-11-8-9-12(17)18-15(11)16(2,3)4/h8-9H,5-7,10H2,1-4H3. The second-order valence-electron chi connectivity index (χ2n) is 6.26. The van der Waals surface area contributed by atoms with E-state index in [2.05, 4.69) is 64.9 Å². The van der Waals surface area contributed by atoms with Crippen LogP contribution in [0.3, 0.4) is 0 Å². The zero-order chi connectivity index (χ0) is 15.5. The lowest BCUT2D eigenvalue weighted by molar-refractivity contribution is 0.449. The van der Waals surface area contributed by atoms with Gasteiger partial charge in [0.1, 0.15) is 4.60 Å². The molecule has 0 aromatic carbocycles. The first-order valence-corrected chi connectivity index (χ1v) is 8.16. The van der Waals surface area contributed by atoms with Crippen molar-refractivity contribution in [3.63, 3.8) is 0 Å². The first-order valence-electron chi connectivity index (χ1n) is 7.37. The summed E-state index contributed by atoms with van der Waals surface area (Å²) in [5.41, 5.74) is 2.17. The van der Waals surface area contributed by atoms with Crippen LogP contribution >= 0.6 is 15.9 Å². The lowest BCUT2D eigenvalue weighted by atomic mass is 9.87. The fourth-order valence-electron chi connectivity index (χ4n) is 2.21. The molecule has 21 heavy (non-hydrogen) atoms. The van der Waals surface area contributed by atoms with Crippen molar-refractivity contribution in [2.24, 2.45) is 0 Å². The number of unbranched alkanes of at least 4 members (excludes halogenated alkanes) is 1. The molecule has 0 fully saturated rings. The molecule has 0 aliphatic carbocycles. The van der Waals surface area contributed by atoms with Crippen LogP contribution in [0.25, 0.3) is 0 Å². The van der Waals surface area contributed by atoms with Crippen LogP contribution in [-0.2, 0) is 18.3 Å². The summed E-state index contributed by atoms with van der Waals surface area (Å²) in [7, 11) is 0. The summed E-state index contributed by atoms with van der Waals surface area (Å²) in [6, 6.07) is 4.03. The van der Waals surface area contributed by atoms with Gasteiger partial charge in [-0.05, 0) is 34.0 Å². The van der Waals surface area contributed by atoms with Gasteiger partial charge in [-0.15, -0.1) is 10.2 Å². The molecule has 0 aliphatic rings. The molecule has 0 atom stereocenters. The van der Waals surface area contributed by atoms with Gasteiger partial charge in [0.15, 0.2) is 0 Å². The molecule has 0 N–H and O–H groups in total. The molecule has 0 unspecified atom stereocenters. The largest absolute Gasteiger partial charge is 0.425 e. The molecule has 0 saturated carbocycles. The summed E-state index contributed by atoms with van der Waals surface area (Å²) in [5.74, 6) is 1.39. The number of aryl methyl sites for hydroxylation is 1. The molecule has 114 valence electrons. The fourth-order valence-corrected chi connectivity index (χ4v) is 2.52. The molecule has 2 heterocycles. The van der Waals surface area contributed by atoms with Gasteiger partial charge in [0.2, 0.25) is 11.8 Å². The first-order chi connectivity index (χ1) is 9.90. The van der Waals surface area contributed by atoms with E-state index >= 15 is 0 Å². The number of nitrogens with zero attached hydrogens (tertiary/aromatic N) is 3. The topological polar surface area (TPSA) is 51.8 Å². The van der Waals surface area contributed by atoms with Gasteiger partial charge >= 0.3 is 0 Å². The van der Waals surface area contributed by atoms with Crippen LogP contribution in [0.2, 0.25) is 0 Å². The highest BCUT2D eigenvalue weighted by atomic mass is 79.9. The van der Waals surface area contributed by atoms with Crippen molar-refractivity contribution in [2.45, 2.75) is 58.8 Å². The van der Waals surface area contributed by atoms with E-state index in [9.17, 15) is 0 Å². The van der Waals surface area contributed by atoms with E-state index in [0.717, 1.165) is 41.0 Å². The first kappa shape index (κ1) is 16.1. The van der Waals surface area contributed by atoms with E-state index in [-0.39, 0.29) is 5.41 Å². The predicted molar refractivity (Wildman–Crippen MR) is 86.4 cm³/mol. The summed E-state index contributed by atoms with van der Waals surface area (Å²) in [6.45, 7) is 8.63. The zero-order valence-electron chi connectivity index (χ0n) is 13.1. The Labute approximate surface area is 134 Å². The molecule has 0 aliphatic heterocycles. The normalized spacial score (nSPS) is 11.9. The SMILES string of the molecule is CCCCc1nnc(Cc2ccc(Br)nc2C(C)(C)C)o1. The van der Waals surface area contributed by atoms with Crippen molar-refractivity contribution in [1.29, 1.82) is 0 Å². The average Bonchev–Trinajstić information content (AvgIpc) is 2.85. The van der Waals surface area contributed by atoms with Gasteiger partial charge < -0.3 is 4.42 Å². The molecule has 5 heteroatoms. The quantitative estimate of drug-likeness (QED) is 0.746. The lowest BCUT2D eigenvalue weighted by Crippen LogP contribution is -2.17.